The molecule has 0 aromatic rings. The molecule has 8 heavy (non-hydrogen) atoms. The van der Waals surface area contributed by atoms with E-state index in [0.717, 1.165) is 0 Å². The van der Waals surface area contributed by atoms with Crippen molar-refractivity contribution in [2.75, 3.05) is 6.61 Å². The molecule has 1 heterocycles. The van der Waals surface area contributed by atoms with Crippen molar-refractivity contribution in [3.63, 3.8) is 0 Å². The Morgan fingerprint density at radius 2 is 1.88 bits per heavy atom. The third kappa shape index (κ3) is 17.9. The fourth-order valence-electron chi connectivity index (χ4n) is 0. The fraction of sp³-hybridized carbons (Fsp3) is 0.600. The van der Waals surface area contributed by atoms with Gasteiger partial charge in [0, 0.05) is 0 Å². The molecule has 0 aromatic carbocycles. The third-order valence-corrected chi connectivity index (χ3v) is 0.400. The summed E-state index contributed by atoms with van der Waals surface area (Å²) in [6.45, 7) is 1.39. The maximum atomic E-state index is 8.11. The van der Waals surface area contributed by atoms with Crippen LogP contribution in [0.25, 0.3) is 0 Å². The molecule has 1 aliphatic rings. The number of aliphatic hydroxyl groups is 2. The Morgan fingerprint density at radius 3 is 1.88 bits per heavy atom. The first-order valence-corrected chi connectivity index (χ1v) is 2.36. The van der Waals surface area contributed by atoms with E-state index >= 15 is 0 Å². The van der Waals surface area contributed by atoms with Crippen molar-refractivity contribution < 1.29 is 14.9 Å². The summed E-state index contributed by atoms with van der Waals surface area (Å²) in [7, 11) is 0. The Morgan fingerprint density at radius 1 is 1.62 bits per heavy atom. The van der Waals surface area contributed by atoms with Gasteiger partial charge in [-0.25, -0.2) is 0 Å². The van der Waals surface area contributed by atoms with Crippen molar-refractivity contribution in [1.82, 2.24) is 0 Å². The minimum Gasteiger partial charge on any atom is -0.466 e. The van der Waals surface area contributed by atoms with Crippen molar-refractivity contribution in [3.8, 4) is 0 Å². The van der Waals surface area contributed by atoms with Crippen LogP contribution in [0.5, 0.6) is 0 Å². The Hall–Kier alpha value is -0.540. The summed E-state index contributed by atoms with van der Waals surface area (Å²) < 4.78 is 4.25. The zero-order valence-corrected chi connectivity index (χ0v) is 4.74. The van der Waals surface area contributed by atoms with Gasteiger partial charge in [0.05, 0.1) is 12.7 Å². The maximum absolute atomic E-state index is 8.11. The van der Waals surface area contributed by atoms with Gasteiger partial charge >= 0.3 is 0 Å². The molecule has 0 aromatic heterocycles. The fourth-order valence-corrected chi connectivity index (χ4v) is 0. The van der Waals surface area contributed by atoms with Crippen molar-refractivity contribution in [2.45, 2.75) is 13.0 Å². The lowest BCUT2D eigenvalue weighted by Gasteiger charge is -1.90. The number of rotatable bonds is 1. The van der Waals surface area contributed by atoms with Gasteiger partial charge in [-0.3, -0.25) is 0 Å². The van der Waals surface area contributed by atoms with E-state index in [1.54, 1.807) is 12.5 Å². The molecule has 1 rings (SSSR count). The van der Waals surface area contributed by atoms with Crippen LogP contribution in [0, 0.1) is 0 Å². The topological polar surface area (TPSA) is 53.0 Å². The lowest BCUT2D eigenvalue weighted by atomic mass is 10.5. The maximum Gasteiger partial charge on any atom is 0.125 e. The largest absolute Gasteiger partial charge is 0.466 e. The highest BCUT2D eigenvalue weighted by atomic mass is 16.5. The van der Waals surface area contributed by atoms with E-state index in [0.29, 0.717) is 0 Å². The van der Waals surface area contributed by atoms with Crippen LogP contribution in [0.15, 0.2) is 12.5 Å². The van der Waals surface area contributed by atoms with Crippen LogP contribution in [0.2, 0.25) is 0 Å². The molecular formula is C5H10O3. The predicted molar refractivity (Wildman–Crippen MR) is 29.0 cm³/mol. The Kier molecular flexibility index (Phi) is 4.30. The smallest absolute Gasteiger partial charge is 0.125 e. The Balaban J connectivity index is 0.000000135. The van der Waals surface area contributed by atoms with Crippen molar-refractivity contribution >= 4 is 0 Å². The SMILES string of the molecule is C1=CO1.CC(O)CO. The molecule has 0 bridgehead atoms. The first-order valence-electron chi connectivity index (χ1n) is 2.36. The third-order valence-electron chi connectivity index (χ3n) is 0.400. The summed E-state index contributed by atoms with van der Waals surface area (Å²) in [6, 6.07) is 0. The van der Waals surface area contributed by atoms with Crippen molar-refractivity contribution in [2.24, 2.45) is 0 Å². The van der Waals surface area contributed by atoms with Crippen LogP contribution in [0.1, 0.15) is 6.92 Å². The average Bonchev–Trinajstić information content (AvgIpc) is 2.48. The van der Waals surface area contributed by atoms with Gasteiger partial charge in [0.15, 0.2) is 0 Å². The standard InChI is InChI=1S/C3H8O2.C2H2O/c1-3(5)2-4;1-2-3-1/h3-5H,2H2,1H3;1-2H. The summed E-state index contributed by atoms with van der Waals surface area (Å²) in [5.74, 6) is 0. The second-order valence-corrected chi connectivity index (χ2v) is 1.44. The van der Waals surface area contributed by atoms with Gasteiger partial charge in [0.1, 0.15) is 12.5 Å². The second-order valence-electron chi connectivity index (χ2n) is 1.44. The molecule has 0 aliphatic carbocycles. The Bertz CT molecular complexity index is 64.1. The van der Waals surface area contributed by atoms with Crippen LogP contribution in [-0.2, 0) is 4.74 Å². The monoisotopic (exact) mass is 118 g/mol. The highest BCUT2D eigenvalue weighted by molar-refractivity contribution is 4.76. The molecule has 1 atom stereocenters. The van der Waals surface area contributed by atoms with Crippen molar-refractivity contribution in [3.05, 3.63) is 12.5 Å². The zero-order valence-electron chi connectivity index (χ0n) is 4.74. The molecule has 48 valence electrons. The van der Waals surface area contributed by atoms with Gasteiger partial charge in [0.25, 0.3) is 0 Å². The minimum absolute atomic E-state index is 0.139. The van der Waals surface area contributed by atoms with Crippen LogP contribution < -0.4 is 0 Å². The lowest BCUT2D eigenvalue weighted by molar-refractivity contribution is 0.110. The summed E-state index contributed by atoms with van der Waals surface area (Å²) >= 11 is 0. The quantitative estimate of drug-likeness (QED) is 0.503. The zero-order chi connectivity index (χ0) is 6.41. The molecule has 0 radical (unpaired) electrons. The molecule has 3 heteroatoms. The number of hydrogen-bond donors (Lipinski definition) is 2. The first kappa shape index (κ1) is 7.46. The number of hydrogen-bond acceptors (Lipinski definition) is 3. The predicted octanol–water partition coefficient (Wildman–Crippen LogP) is -0.153. The summed E-state index contributed by atoms with van der Waals surface area (Å²) in [6.07, 6.45) is 2.69. The second kappa shape index (κ2) is 4.61. The average molecular weight is 118 g/mol. The van der Waals surface area contributed by atoms with Gasteiger partial charge < -0.3 is 14.9 Å². The molecule has 0 spiro atoms. The first-order chi connectivity index (χ1) is 3.77. The molecule has 1 unspecified atom stereocenters. The molecular weight excluding hydrogens is 108 g/mol. The van der Waals surface area contributed by atoms with E-state index in [1.165, 1.54) is 6.92 Å². The summed E-state index contributed by atoms with van der Waals surface area (Å²) in [5, 5.41) is 16.0. The van der Waals surface area contributed by atoms with E-state index in [2.05, 4.69) is 4.74 Å². The van der Waals surface area contributed by atoms with Crippen molar-refractivity contribution in [1.29, 1.82) is 0 Å². The van der Waals surface area contributed by atoms with E-state index in [4.69, 9.17) is 10.2 Å². The highest BCUT2D eigenvalue weighted by Gasteiger charge is 1.83. The van der Waals surface area contributed by atoms with E-state index in [1.807, 2.05) is 0 Å². The molecule has 0 fully saturated rings. The van der Waals surface area contributed by atoms with Crippen LogP contribution >= 0.6 is 0 Å². The minimum atomic E-state index is -0.560. The summed E-state index contributed by atoms with van der Waals surface area (Å²) in [4.78, 5) is 0. The van der Waals surface area contributed by atoms with E-state index < -0.39 is 6.10 Å². The lowest BCUT2D eigenvalue weighted by Crippen LogP contribution is -2.03. The Labute approximate surface area is 48.2 Å². The van der Waals surface area contributed by atoms with Gasteiger partial charge in [-0.2, -0.15) is 0 Å². The molecule has 0 amide bonds. The molecule has 2 N–H and O–H groups in total. The van der Waals surface area contributed by atoms with Gasteiger partial charge in [-0.1, -0.05) is 0 Å². The molecule has 0 saturated carbocycles. The molecule has 3 nitrogen and oxygen atoms in total. The summed E-state index contributed by atoms with van der Waals surface area (Å²) in [5.41, 5.74) is 0. The van der Waals surface area contributed by atoms with Gasteiger partial charge in [0.2, 0.25) is 0 Å². The van der Waals surface area contributed by atoms with Crippen LogP contribution in [-0.4, -0.2) is 22.9 Å². The number of aliphatic hydroxyl groups excluding tert-OH is 2. The normalized spacial score (nSPS) is 15.4. The highest BCUT2D eigenvalue weighted by Crippen LogP contribution is 1.89. The van der Waals surface area contributed by atoms with Gasteiger partial charge in [-0.15, -0.1) is 0 Å². The van der Waals surface area contributed by atoms with Crippen LogP contribution in [0.3, 0.4) is 0 Å². The van der Waals surface area contributed by atoms with E-state index in [-0.39, 0.29) is 6.61 Å². The molecule has 1 aliphatic heterocycles. The van der Waals surface area contributed by atoms with Crippen LogP contribution in [0.4, 0.5) is 0 Å². The molecule has 0 saturated heterocycles. The van der Waals surface area contributed by atoms with E-state index in [9.17, 15) is 0 Å². The van der Waals surface area contributed by atoms with Gasteiger partial charge in [-0.05, 0) is 6.92 Å². The number of ether oxygens (including phenoxy) is 1.